The van der Waals surface area contributed by atoms with E-state index in [2.05, 4.69) is 38.3 Å². The smallest absolute Gasteiger partial charge is 0.226 e. The molecule has 0 saturated heterocycles. The van der Waals surface area contributed by atoms with E-state index in [9.17, 15) is 13.8 Å². The van der Waals surface area contributed by atoms with Crippen LogP contribution in [0.25, 0.3) is 0 Å². The maximum Gasteiger partial charge on any atom is 0.226 e. The molecule has 1 atom stereocenters. The molecule has 0 aliphatic heterocycles. The van der Waals surface area contributed by atoms with Gasteiger partial charge in [-0.25, -0.2) is 0 Å². The van der Waals surface area contributed by atoms with Gasteiger partial charge in [0, 0.05) is 48.4 Å². The quantitative estimate of drug-likeness (QED) is 0.174. The number of amides is 2. The second-order valence-corrected chi connectivity index (χ2v) is 11.0. The van der Waals surface area contributed by atoms with Crippen molar-refractivity contribution in [1.82, 2.24) is 10.6 Å². The molecule has 0 aromatic heterocycles. The molecule has 0 spiro atoms. The van der Waals surface area contributed by atoms with Gasteiger partial charge in [-0.2, -0.15) is 0 Å². The molecule has 0 radical (unpaired) electrons. The first kappa shape index (κ1) is 43.1. The minimum atomic E-state index is -0.835. The Morgan fingerprint density at radius 3 is 1.78 bits per heavy atom. The van der Waals surface area contributed by atoms with Gasteiger partial charge in [-0.05, 0) is 50.4 Å². The average molecular weight is 551 g/mol. The summed E-state index contributed by atoms with van der Waals surface area (Å²) >= 11 is 0. The van der Waals surface area contributed by atoms with Crippen LogP contribution in [-0.2, 0) is 20.4 Å². The van der Waals surface area contributed by atoms with Crippen LogP contribution in [0.5, 0.6) is 0 Å². The molecule has 0 bridgehead atoms. The monoisotopic (exact) mass is 550 g/mol. The first-order valence-corrected chi connectivity index (χ1v) is 16.7. The van der Waals surface area contributed by atoms with Gasteiger partial charge < -0.3 is 15.7 Å². The zero-order valence-electron chi connectivity index (χ0n) is 26.6. The number of nitrogens with one attached hydrogen (secondary N) is 2. The van der Waals surface area contributed by atoms with E-state index in [4.69, 9.17) is 5.11 Å². The fourth-order valence-electron chi connectivity index (χ4n) is 3.67. The van der Waals surface area contributed by atoms with Gasteiger partial charge in [0.25, 0.3) is 0 Å². The Balaban J connectivity index is -0.000000262. The Hall–Kier alpha value is -0.950. The molecule has 0 aliphatic rings. The van der Waals surface area contributed by atoms with Gasteiger partial charge in [-0.15, -0.1) is 0 Å². The second kappa shape index (κ2) is 31.3. The Morgan fingerprint density at radius 1 is 0.838 bits per heavy atom. The SMILES string of the molecule is CC.CC.CCC(CC)CCNC(=O)CCC(C)C.CCCS(=O)CCNC(=O)C(CC)(CC)CCO. The largest absolute Gasteiger partial charge is 0.396 e. The summed E-state index contributed by atoms with van der Waals surface area (Å²) in [5.74, 6) is 2.80. The molecule has 37 heavy (non-hydrogen) atoms. The number of aliphatic hydroxyl groups excluding tert-OH is 1. The molecule has 6 nitrogen and oxygen atoms in total. The standard InChI is InChI=1S/C13H27NO3S.C13H27NO.2C2H6/c1-4-10-18(17)11-8-14-12(16)13(5-2,6-3)7-9-15;1-5-12(6-2)9-10-14-13(15)8-7-11(3)4;2*1-2/h15H,4-11H2,1-3H3,(H,14,16);11-12H,5-10H2,1-4H3,(H,14,15);2*1-2H3. The highest BCUT2D eigenvalue weighted by Crippen LogP contribution is 2.30. The molecule has 0 heterocycles. The average Bonchev–Trinajstić information content (AvgIpc) is 2.91. The zero-order chi connectivity index (χ0) is 29.7. The van der Waals surface area contributed by atoms with E-state index in [-0.39, 0.29) is 18.4 Å². The van der Waals surface area contributed by atoms with E-state index in [0.29, 0.717) is 49.7 Å². The van der Waals surface area contributed by atoms with Crippen LogP contribution >= 0.6 is 0 Å². The summed E-state index contributed by atoms with van der Waals surface area (Å²) in [7, 11) is -0.835. The highest BCUT2D eigenvalue weighted by Gasteiger charge is 2.33. The molecule has 3 N–H and O–H groups in total. The topological polar surface area (TPSA) is 95.5 Å². The lowest BCUT2D eigenvalue weighted by molar-refractivity contribution is -0.132. The van der Waals surface area contributed by atoms with Crippen LogP contribution in [0.3, 0.4) is 0 Å². The summed E-state index contributed by atoms with van der Waals surface area (Å²) in [4.78, 5) is 23.5. The second-order valence-electron chi connectivity index (χ2n) is 9.32. The van der Waals surface area contributed by atoms with Crippen molar-refractivity contribution >= 4 is 22.6 Å². The van der Waals surface area contributed by atoms with Crippen molar-refractivity contribution in [3.05, 3.63) is 0 Å². The van der Waals surface area contributed by atoms with Crippen LogP contribution in [0.1, 0.15) is 134 Å². The predicted octanol–water partition coefficient (Wildman–Crippen LogP) is 6.87. The summed E-state index contributed by atoms with van der Waals surface area (Å²) < 4.78 is 11.5. The van der Waals surface area contributed by atoms with Crippen molar-refractivity contribution in [1.29, 1.82) is 0 Å². The third-order valence-corrected chi connectivity index (χ3v) is 7.97. The number of carbonyl (C=O) groups excluding carboxylic acids is 2. The van der Waals surface area contributed by atoms with Crippen molar-refractivity contribution in [3.8, 4) is 0 Å². The predicted molar refractivity (Wildman–Crippen MR) is 164 cm³/mol. The molecule has 0 aliphatic carbocycles. The Labute approximate surface area is 234 Å². The molecule has 2 amide bonds. The summed E-state index contributed by atoms with van der Waals surface area (Å²) in [6, 6.07) is 0. The van der Waals surface area contributed by atoms with Gasteiger partial charge in [-0.1, -0.05) is 89.0 Å². The lowest BCUT2D eigenvalue weighted by Gasteiger charge is -2.29. The normalized spacial score (nSPS) is 11.3. The van der Waals surface area contributed by atoms with E-state index in [1.807, 2.05) is 48.5 Å². The third-order valence-electron chi connectivity index (χ3n) is 6.45. The van der Waals surface area contributed by atoms with Crippen LogP contribution in [0.15, 0.2) is 0 Å². The number of hydrogen-bond donors (Lipinski definition) is 3. The summed E-state index contributed by atoms with van der Waals surface area (Å²) in [6.45, 7) is 24.0. The highest BCUT2D eigenvalue weighted by molar-refractivity contribution is 7.84. The van der Waals surface area contributed by atoms with E-state index in [1.54, 1.807) is 0 Å². The number of hydrogen-bond acceptors (Lipinski definition) is 4. The molecule has 0 saturated carbocycles. The highest BCUT2D eigenvalue weighted by atomic mass is 32.2. The summed E-state index contributed by atoms with van der Waals surface area (Å²) in [5.41, 5.74) is -0.471. The van der Waals surface area contributed by atoms with E-state index < -0.39 is 16.2 Å². The maximum absolute atomic E-state index is 12.1. The minimum absolute atomic E-state index is 0.0185. The number of aliphatic hydroxyl groups is 1. The van der Waals surface area contributed by atoms with Gasteiger partial charge in [0.2, 0.25) is 11.8 Å². The van der Waals surface area contributed by atoms with Gasteiger partial charge in [0.1, 0.15) is 0 Å². The van der Waals surface area contributed by atoms with E-state index in [0.717, 1.165) is 31.7 Å². The van der Waals surface area contributed by atoms with Crippen LogP contribution in [0, 0.1) is 17.3 Å². The van der Waals surface area contributed by atoms with Gasteiger partial charge in [0.05, 0.1) is 5.41 Å². The fourth-order valence-corrected chi connectivity index (χ4v) is 4.66. The van der Waals surface area contributed by atoms with Crippen molar-refractivity contribution in [2.45, 2.75) is 134 Å². The zero-order valence-corrected chi connectivity index (χ0v) is 27.5. The molecule has 1 unspecified atom stereocenters. The lowest BCUT2D eigenvalue weighted by atomic mass is 9.78. The molecular weight excluding hydrogens is 484 g/mol. The molecule has 0 rings (SSSR count). The third kappa shape index (κ3) is 25.1. The number of carbonyl (C=O) groups is 2. The van der Waals surface area contributed by atoms with Crippen LogP contribution < -0.4 is 10.6 Å². The Morgan fingerprint density at radius 2 is 1.38 bits per heavy atom. The van der Waals surface area contributed by atoms with Crippen LogP contribution in [0.2, 0.25) is 0 Å². The van der Waals surface area contributed by atoms with Crippen molar-refractivity contribution in [2.24, 2.45) is 17.3 Å². The first-order chi connectivity index (χ1) is 17.7. The molecule has 226 valence electrons. The molecular formula is C30H66N2O4S. The van der Waals surface area contributed by atoms with Crippen molar-refractivity contribution in [2.75, 3.05) is 31.2 Å². The van der Waals surface area contributed by atoms with Gasteiger partial charge in [-0.3, -0.25) is 13.8 Å². The molecule has 0 aromatic rings. The van der Waals surface area contributed by atoms with Crippen molar-refractivity contribution < 1.29 is 18.9 Å². The summed E-state index contributed by atoms with van der Waals surface area (Å²) in [6.07, 6.45) is 8.07. The number of rotatable bonds is 18. The minimum Gasteiger partial charge on any atom is -0.396 e. The maximum atomic E-state index is 12.1. The Kier molecular flexibility index (Phi) is 36.4. The summed E-state index contributed by atoms with van der Waals surface area (Å²) in [5, 5.41) is 14.9. The molecule has 0 aromatic carbocycles. The van der Waals surface area contributed by atoms with Crippen LogP contribution in [0.4, 0.5) is 0 Å². The van der Waals surface area contributed by atoms with Crippen molar-refractivity contribution in [3.63, 3.8) is 0 Å². The van der Waals surface area contributed by atoms with E-state index in [1.165, 1.54) is 12.8 Å². The fraction of sp³-hybridized carbons (Fsp3) is 0.933. The lowest BCUT2D eigenvalue weighted by Crippen LogP contribution is -2.42. The Bertz CT molecular complexity index is 520. The molecule has 0 fully saturated rings. The van der Waals surface area contributed by atoms with E-state index >= 15 is 0 Å². The van der Waals surface area contributed by atoms with Gasteiger partial charge in [0.15, 0.2) is 0 Å². The first-order valence-electron chi connectivity index (χ1n) is 15.2. The van der Waals surface area contributed by atoms with Gasteiger partial charge >= 0.3 is 0 Å². The van der Waals surface area contributed by atoms with Crippen LogP contribution in [-0.4, -0.2) is 52.3 Å². The molecule has 7 heteroatoms.